The number of amides is 2. The largest absolute Gasteiger partial charge is 0.494 e. The molecule has 160 valence electrons. The highest BCUT2D eigenvalue weighted by molar-refractivity contribution is 5.97. The van der Waals surface area contributed by atoms with E-state index in [-0.39, 0.29) is 23.1 Å². The van der Waals surface area contributed by atoms with Gasteiger partial charge in [0.15, 0.2) is 6.61 Å². The highest BCUT2D eigenvalue weighted by atomic mass is 19.1. The second-order valence-corrected chi connectivity index (χ2v) is 6.72. The van der Waals surface area contributed by atoms with Gasteiger partial charge in [-0.15, -0.1) is 10.2 Å². The SMILES string of the molecule is O=C(COc1cccc(F)c1)N=NC(=O)c1cccc(-n2c(O)c3ccccc3c2O)c1. The molecule has 0 saturated heterocycles. The molecule has 0 fully saturated rings. The lowest BCUT2D eigenvalue weighted by Gasteiger charge is -2.07. The maximum absolute atomic E-state index is 13.1. The van der Waals surface area contributed by atoms with Crippen molar-refractivity contribution in [3.63, 3.8) is 0 Å². The maximum Gasteiger partial charge on any atom is 0.302 e. The molecule has 0 unspecified atom stereocenters. The summed E-state index contributed by atoms with van der Waals surface area (Å²) in [6.07, 6.45) is 0. The summed E-state index contributed by atoms with van der Waals surface area (Å²) in [5.74, 6) is -2.37. The number of carbonyl (C=O) groups excluding carboxylic acids is 2. The lowest BCUT2D eigenvalue weighted by atomic mass is 10.2. The van der Waals surface area contributed by atoms with Crippen molar-refractivity contribution in [1.82, 2.24) is 4.57 Å². The van der Waals surface area contributed by atoms with E-state index >= 15 is 0 Å². The lowest BCUT2D eigenvalue weighted by molar-refractivity contribution is -0.120. The van der Waals surface area contributed by atoms with Gasteiger partial charge in [-0.05, 0) is 42.5 Å². The molecule has 0 aliphatic carbocycles. The van der Waals surface area contributed by atoms with Crippen LogP contribution in [0.1, 0.15) is 10.4 Å². The van der Waals surface area contributed by atoms with Gasteiger partial charge < -0.3 is 14.9 Å². The number of rotatable bonds is 5. The molecule has 4 aromatic rings. The van der Waals surface area contributed by atoms with E-state index in [1.165, 1.54) is 41.0 Å². The van der Waals surface area contributed by atoms with Crippen molar-refractivity contribution in [3.05, 3.63) is 84.2 Å². The number of nitrogens with zero attached hydrogens (tertiary/aromatic N) is 3. The summed E-state index contributed by atoms with van der Waals surface area (Å²) in [7, 11) is 0. The van der Waals surface area contributed by atoms with Crippen molar-refractivity contribution in [2.45, 2.75) is 0 Å². The van der Waals surface area contributed by atoms with E-state index in [2.05, 4.69) is 10.2 Å². The van der Waals surface area contributed by atoms with Crippen LogP contribution in [-0.4, -0.2) is 33.2 Å². The number of hydrogen-bond acceptors (Lipinski definition) is 5. The normalized spacial score (nSPS) is 11.2. The Bertz CT molecular complexity index is 1320. The lowest BCUT2D eigenvalue weighted by Crippen LogP contribution is -2.09. The van der Waals surface area contributed by atoms with Crippen molar-refractivity contribution in [2.75, 3.05) is 6.61 Å². The number of benzene rings is 3. The predicted molar refractivity (Wildman–Crippen MR) is 113 cm³/mol. The Kier molecular flexibility index (Phi) is 5.63. The van der Waals surface area contributed by atoms with E-state index in [0.717, 1.165) is 6.07 Å². The molecule has 8 nitrogen and oxygen atoms in total. The number of carbonyl (C=O) groups is 2. The second-order valence-electron chi connectivity index (χ2n) is 6.72. The summed E-state index contributed by atoms with van der Waals surface area (Å²) in [4.78, 5) is 24.2. The fourth-order valence-corrected chi connectivity index (χ4v) is 3.13. The molecule has 4 rings (SSSR count). The highest BCUT2D eigenvalue weighted by Crippen LogP contribution is 2.38. The van der Waals surface area contributed by atoms with Crippen LogP contribution in [0.2, 0.25) is 0 Å². The molecule has 0 aliphatic rings. The minimum absolute atomic E-state index is 0.0849. The summed E-state index contributed by atoms with van der Waals surface area (Å²) in [5, 5.41) is 28.6. The average Bonchev–Trinajstić information content (AvgIpc) is 3.06. The van der Waals surface area contributed by atoms with Gasteiger partial charge in [-0.3, -0.25) is 14.2 Å². The van der Waals surface area contributed by atoms with E-state index in [4.69, 9.17) is 4.74 Å². The first kappa shape index (κ1) is 20.7. The van der Waals surface area contributed by atoms with Crippen LogP contribution in [-0.2, 0) is 4.79 Å². The number of hydrogen-bond donors (Lipinski definition) is 2. The van der Waals surface area contributed by atoms with Crippen molar-refractivity contribution in [3.8, 4) is 23.2 Å². The molecule has 2 amide bonds. The quantitative estimate of drug-likeness (QED) is 0.454. The van der Waals surface area contributed by atoms with E-state index in [9.17, 15) is 24.2 Å². The topological polar surface area (TPSA) is 113 Å². The van der Waals surface area contributed by atoms with Crippen molar-refractivity contribution < 1.29 is 28.9 Å². The number of aromatic hydroxyl groups is 2. The molecule has 32 heavy (non-hydrogen) atoms. The summed E-state index contributed by atoms with van der Waals surface area (Å²) in [6, 6.07) is 18.0. The first-order chi connectivity index (χ1) is 15.4. The molecular weight excluding hydrogens is 417 g/mol. The Morgan fingerprint density at radius 1 is 0.875 bits per heavy atom. The van der Waals surface area contributed by atoms with Gasteiger partial charge in [0, 0.05) is 22.4 Å². The zero-order valence-corrected chi connectivity index (χ0v) is 16.5. The minimum atomic E-state index is -0.828. The third-order valence-corrected chi connectivity index (χ3v) is 4.59. The molecule has 0 bridgehead atoms. The monoisotopic (exact) mass is 433 g/mol. The average molecular weight is 433 g/mol. The van der Waals surface area contributed by atoms with E-state index in [0.29, 0.717) is 16.5 Å². The summed E-state index contributed by atoms with van der Waals surface area (Å²) < 4.78 is 19.4. The number of halogens is 1. The highest BCUT2D eigenvalue weighted by Gasteiger charge is 2.17. The van der Waals surface area contributed by atoms with Crippen LogP contribution in [0.15, 0.2) is 83.0 Å². The zero-order chi connectivity index (χ0) is 22.7. The zero-order valence-electron chi connectivity index (χ0n) is 16.5. The van der Waals surface area contributed by atoms with E-state index in [1.807, 2.05) is 0 Å². The number of ether oxygens (including phenoxy) is 1. The first-order valence-electron chi connectivity index (χ1n) is 9.43. The molecule has 0 spiro atoms. The van der Waals surface area contributed by atoms with Crippen LogP contribution in [0.4, 0.5) is 4.39 Å². The molecule has 1 heterocycles. The van der Waals surface area contributed by atoms with Gasteiger partial charge in [0.2, 0.25) is 11.8 Å². The fourth-order valence-electron chi connectivity index (χ4n) is 3.13. The van der Waals surface area contributed by atoms with E-state index < -0.39 is 24.2 Å². The van der Waals surface area contributed by atoms with Gasteiger partial charge in [0.1, 0.15) is 11.6 Å². The Morgan fingerprint density at radius 3 is 2.25 bits per heavy atom. The molecule has 0 saturated carbocycles. The third-order valence-electron chi connectivity index (χ3n) is 4.59. The third kappa shape index (κ3) is 4.17. The Labute approximate surface area is 180 Å². The van der Waals surface area contributed by atoms with Crippen LogP contribution >= 0.6 is 0 Å². The molecule has 9 heteroatoms. The van der Waals surface area contributed by atoms with Crippen molar-refractivity contribution in [1.29, 1.82) is 0 Å². The number of azo groups is 1. The molecule has 0 radical (unpaired) electrons. The van der Waals surface area contributed by atoms with Crippen LogP contribution in [0, 0.1) is 5.82 Å². The van der Waals surface area contributed by atoms with Crippen molar-refractivity contribution in [2.24, 2.45) is 10.2 Å². The van der Waals surface area contributed by atoms with Crippen molar-refractivity contribution >= 4 is 22.6 Å². The molecule has 1 aromatic heterocycles. The molecule has 0 aliphatic heterocycles. The predicted octanol–water partition coefficient (Wildman–Crippen LogP) is 4.38. The van der Waals surface area contributed by atoms with E-state index in [1.54, 1.807) is 30.3 Å². The van der Waals surface area contributed by atoms with Gasteiger partial charge in [-0.2, -0.15) is 0 Å². The van der Waals surface area contributed by atoms with Crippen LogP contribution in [0.3, 0.4) is 0 Å². The molecule has 0 atom stereocenters. The van der Waals surface area contributed by atoms with Gasteiger partial charge in [0.05, 0.1) is 5.69 Å². The van der Waals surface area contributed by atoms with Gasteiger partial charge in [-0.25, -0.2) is 4.39 Å². The maximum atomic E-state index is 13.1. The van der Waals surface area contributed by atoms with Crippen LogP contribution < -0.4 is 4.74 Å². The fraction of sp³-hybridized carbons (Fsp3) is 0.0435. The minimum Gasteiger partial charge on any atom is -0.494 e. The molecule has 3 aromatic carbocycles. The van der Waals surface area contributed by atoms with Crippen LogP contribution in [0.25, 0.3) is 16.5 Å². The van der Waals surface area contributed by atoms with Gasteiger partial charge >= 0.3 is 5.91 Å². The summed E-state index contributed by atoms with van der Waals surface area (Å²) in [5.41, 5.74) is 0.402. The Balaban J connectivity index is 1.50. The standard InChI is InChI=1S/C23H16FN3O5/c24-15-6-4-8-17(12-15)32-13-20(28)25-26-21(29)14-5-3-7-16(11-14)27-22(30)18-9-1-2-10-19(18)23(27)31/h1-12,30-31H,13H2. The Morgan fingerprint density at radius 2 is 1.56 bits per heavy atom. The number of aromatic nitrogens is 1. The van der Waals surface area contributed by atoms with Gasteiger partial charge in [0.25, 0.3) is 5.91 Å². The smallest absolute Gasteiger partial charge is 0.302 e. The summed E-state index contributed by atoms with van der Waals surface area (Å²) in [6.45, 7) is -0.516. The molecule has 2 N–H and O–H groups in total. The Hall–Kier alpha value is -4.53. The second kappa shape index (κ2) is 8.68. The van der Waals surface area contributed by atoms with Gasteiger partial charge in [-0.1, -0.05) is 24.3 Å². The molecular formula is C23H16FN3O5. The summed E-state index contributed by atoms with van der Waals surface area (Å²) >= 11 is 0. The number of fused-ring (bicyclic) bond motifs is 1. The van der Waals surface area contributed by atoms with Crippen LogP contribution in [0.5, 0.6) is 17.5 Å². The first-order valence-corrected chi connectivity index (χ1v) is 9.43.